The van der Waals surface area contributed by atoms with Gasteiger partial charge in [-0.1, -0.05) is 23.2 Å². The molecule has 134 valence electrons. The van der Waals surface area contributed by atoms with Gasteiger partial charge >= 0.3 is 5.97 Å². The van der Waals surface area contributed by atoms with Gasteiger partial charge in [0, 0.05) is 16.7 Å². The molecule has 0 aliphatic rings. The van der Waals surface area contributed by atoms with E-state index in [1.165, 1.54) is 18.3 Å². The van der Waals surface area contributed by atoms with E-state index in [-0.39, 0.29) is 11.5 Å². The van der Waals surface area contributed by atoms with Crippen LogP contribution < -0.4 is 9.47 Å². The van der Waals surface area contributed by atoms with Crippen molar-refractivity contribution in [1.82, 2.24) is 10.2 Å². The van der Waals surface area contributed by atoms with Crippen molar-refractivity contribution in [3.05, 3.63) is 52.6 Å². The molecule has 0 unspecified atom stereocenters. The van der Waals surface area contributed by atoms with Gasteiger partial charge in [-0.3, -0.25) is 5.10 Å². The number of carboxylic acid groups (broad SMARTS) is 1. The average Bonchev–Trinajstić information content (AvgIpc) is 3.03. The topological polar surface area (TPSA) is 105 Å². The van der Waals surface area contributed by atoms with Crippen LogP contribution in [0.1, 0.15) is 0 Å². The summed E-state index contributed by atoms with van der Waals surface area (Å²) >= 11 is 12.0. The fourth-order valence-electron chi connectivity index (χ4n) is 2.18. The molecule has 2 aromatic carbocycles. The molecule has 1 aromatic heterocycles. The zero-order valence-electron chi connectivity index (χ0n) is 13.1. The number of aliphatic carboxylic acids is 1. The molecule has 3 N–H and O–H groups in total. The molecule has 0 spiro atoms. The Balaban J connectivity index is 1.87. The summed E-state index contributed by atoms with van der Waals surface area (Å²) in [6.07, 6.45) is 1.44. The molecular formula is C17H12Cl2N2O5. The summed E-state index contributed by atoms with van der Waals surface area (Å²) in [5.74, 6) is -0.318. The van der Waals surface area contributed by atoms with Gasteiger partial charge in [0.05, 0.1) is 11.2 Å². The zero-order valence-corrected chi connectivity index (χ0v) is 14.6. The highest BCUT2D eigenvalue weighted by Gasteiger charge is 2.16. The number of aromatic amines is 1. The van der Waals surface area contributed by atoms with Crippen LogP contribution in [0.5, 0.6) is 23.0 Å². The number of nitrogens with zero attached hydrogens (tertiary/aromatic N) is 1. The SMILES string of the molecule is O=C(O)COc1ccc(-c2[nH]ncc2Oc2ccc(Cl)cc2Cl)c(O)c1. The molecule has 0 fully saturated rings. The number of H-pyrrole nitrogens is 1. The summed E-state index contributed by atoms with van der Waals surface area (Å²) in [5, 5.41) is 26.3. The average molecular weight is 395 g/mol. The number of aromatic hydroxyl groups is 1. The third-order valence-electron chi connectivity index (χ3n) is 3.32. The Morgan fingerprint density at radius 3 is 2.65 bits per heavy atom. The largest absolute Gasteiger partial charge is 0.507 e. The van der Waals surface area contributed by atoms with Gasteiger partial charge in [-0.15, -0.1) is 0 Å². The van der Waals surface area contributed by atoms with Gasteiger partial charge in [0.15, 0.2) is 12.4 Å². The van der Waals surface area contributed by atoms with E-state index in [4.69, 9.17) is 37.8 Å². The molecule has 0 atom stereocenters. The molecule has 0 amide bonds. The third-order valence-corrected chi connectivity index (χ3v) is 3.85. The molecule has 3 aromatic rings. The number of rotatable bonds is 6. The first-order valence-corrected chi connectivity index (χ1v) is 8.04. The lowest BCUT2D eigenvalue weighted by Crippen LogP contribution is -2.09. The quantitative estimate of drug-likeness (QED) is 0.574. The van der Waals surface area contributed by atoms with Crippen molar-refractivity contribution >= 4 is 29.2 Å². The van der Waals surface area contributed by atoms with Crippen molar-refractivity contribution in [2.24, 2.45) is 0 Å². The van der Waals surface area contributed by atoms with E-state index in [1.807, 2.05) is 0 Å². The predicted octanol–water partition coefficient (Wildman–Crippen LogP) is 4.34. The first kappa shape index (κ1) is 17.9. The van der Waals surface area contributed by atoms with Gasteiger partial charge in [0.25, 0.3) is 0 Å². The third kappa shape index (κ3) is 4.01. The van der Waals surface area contributed by atoms with E-state index in [0.29, 0.717) is 32.8 Å². The van der Waals surface area contributed by atoms with Gasteiger partial charge in [0.2, 0.25) is 0 Å². The van der Waals surface area contributed by atoms with Crippen LogP contribution in [0, 0.1) is 0 Å². The number of hydrogen-bond acceptors (Lipinski definition) is 5. The van der Waals surface area contributed by atoms with Crippen LogP contribution in [0.25, 0.3) is 11.3 Å². The molecule has 0 aliphatic heterocycles. The van der Waals surface area contributed by atoms with Gasteiger partial charge in [0.1, 0.15) is 22.9 Å². The first-order chi connectivity index (χ1) is 12.4. The summed E-state index contributed by atoms with van der Waals surface area (Å²) in [7, 11) is 0. The van der Waals surface area contributed by atoms with Crippen LogP contribution in [0.2, 0.25) is 10.0 Å². The Labute approximate surface area is 157 Å². The van der Waals surface area contributed by atoms with Gasteiger partial charge < -0.3 is 19.7 Å². The summed E-state index contributed by atoms with van der Waals surface area (Å²) in [4.78, 5) is 10.5. The Morgan fingerprint density at radius 2 is 1.96 bits per heavy atom. The summed E-state index contributed by atoms with van der Waals surface area (Å²) in [6.45, 7) is -0.508. The van der Waals surface area contributed by atoms with Crippen LogP contribution >= 0.6 is 23.2 Å². The van der Waals surface area contributed by atoms with Crippen LogP contribution in [0.4, 0.5) is 0 Å². The maximum Gasteiger partial charge on any atom is 0.341 e. The number of hydrogen-bond donors (Lipinski definition) is 3. The molecule has 1 heterocycles. The summed E-state index contributed by atoms with van der Waals surface area (Å²) < 4.78 is 10.8. The molecule has 26 heavy (non-hydrogen) atoms. The number of carboxylic acids is 1. The van der Waals surface area contributed by atoms with Gasteiger partial charge in [-0.05, 0) is 30.3 Å². The smallest absolute Gasteiger partial charge is 0.341 e. The lowest BCUT2D eigenvalue weighted by atomic mass is 10.1. The molecular weight excluding hydrogens is 383 g/mol. The number of aromatic nitrogens is 2. The van der Waals surface area contributed by atoms with Crippen molar-refractivity contribution in [3.8, 4) is 34.3 Å². The Bertz CT molecular complexity index is 958. The highest BCUT2D eigenvalue weighted by atomic mass is 35.5. The molecule has 7 nitrogen and oxygen atoms in total. The Hall–Kier alpha value is -2.90. The number of carbonyl (C=O) groups is 1. The minimum atomic E-state index is -1.11. The highest BCUT2D eigenvalue weighted by Crippen LogP contribution is 2.39. The maximum absolute atomic E-state index is 10.5. The summed E-state index contributed by atoms with van der Waals surface area (Å²) in [5.41, 5.74) is 0.809. The second kappa shape index (κ2) is 7.55. The highest BCUT2D eigenvalue weighted by molar-refractivity contribution is 6.35. The molecule has 0 radical (unpaired) electrons. The number of phenols is 1. The van der Waals surface area contributed by atoms with E-state index < -0.39 is 12.6 Å². The molecule has 0 saturated heterocycles. The molecule has 0 aliphatic carbocycles. The van der Waals surface area contributed by atoms with Crippen molar-refractivity contribution in [2.45, 2.75) is 0 Å². The normalized spacial score (nSPS) is 10.5. The molecule has 0 saturated carbocycles. The van der Waals surface area contributed by atoms with Gasteiger partial charge in [-0.2, -0.15) is 5.10 Å². The van der Waals surface area contributed by atoms with Gasteiger partial charge in [-0.25, -0.2) is 4.79 Å². The summed E-state index contributed by atoms with van der Waals surface area (Å²) in [6, 6.07) is 9.18. The number of halogens is 2. The molecule has 3 rings (SSSR count). The van der Waals surface area contributed by atoms with E-state index in [1.54, 1.807) is 24.3 Å². The predicted molar refractivity (Wildman–Crippen MR) is 95.4 cm³/mol. The van der Waals surface area contributed by atoms with Crippen molar-refractivity contribution in [3.63, 3.8) is 0 Å². The number of ether oxygens (including phenoxy) is 2. The Kier molecular flexibility index (Phi) is 5.20. The van der Waals surface area contributed by atoms with Crippen molar-refractivity contribution in [1.29, 1.82) is 0 Å². The van der Waals surface area contributed by atoms with E-state index in [0.717, 1.165) is 0 Å². The van der Waals surface area contributed by atoms with Crippen LogP contribution in [0.3, 0.4) is 0 Å². The van der Waals surface area contributed by atoms with Crippen LogP contribution in [-0.4, -0.2) is 33.0 Å². The van der Waals surface area contributed by atoms with Crippen molar-refractivity contribution < 1.29 is 24.5 Å². The van der Waals surface area contributed by atoms with Crippen LogP contribution in [-0.2, 0) is 4.79 Å². The standard InChI is InChI=1S/C17H12Cl2N2O5/c18-9-1-4-14(12(19)5-9)26-15-7-20-21-17(15)11-3-2-10(6-13(11)22)25-8-16(23)24/h1-7,22H,8H2,(H,20,21)(H,23,24). The minimum Gasteiger partial charge on any atom is -0.507 e. The fraction of sp³-hybridized carbons (Fsp3) is 0.0588. The maximum atomic E-state index is 10.5. The second-order valence-electron chi connectivity index (χ2n) is 5.15. The van der Waals surface area contributed by atoms with E-state index in [9.17, 15) is 9.90 Å². The lowest BCUT2D eigenvalue weighted by Gasteiger charge is -2.10. The zero-order chi connectivity index (χ0) is 18.7. The fourth-order valence-corrected chi connectivity index (χ4v) is 2.63. The monoisotopic (exact) mass is 394 g/mol. The molecule has 0 bridgehead atoms. The minimum absolute atomic E-state index is 0.135. The Morgan fingerprint density at radius 1 is 1.15 bits per heavy atom. The lowest BCUT2D eigenvalue weighted by molar-refractivity contribution is -0.139. The van der Waals surface area contributed by atoms with Crippen molar-refractivity contribution in [2.75, 3.05) is 6.61 Å². The number of phenolic OH excluding ortho intramolecular Hbond substituents is 1. The second-order valence-corrected chi connectivity index (χ2v) is 5.99. The van der Waals surface area contributed by atoms with E-state index >= 15 is 0 Å². The van der Waals surface area contributed by atoms with E-state index in [2.05, 4.69) is 10.2 Å². The first-order valence-electron chi connectivity index (χ1n) is 7.28. The molecule has 9 heteroatoms. The number of benzene rings is 2. The number of nitrogens with one attached hydrogen (secondary N) is 1. The van der Waals surface area contributed by atoms with Crippen LogP contribution in [0.15, 0.2) is 42.6 Å².